The minimum absolute atomic E-state index is 1.18. The number of aliphatic carboxylic acids is 1. The zero-order valence-corrected chi connectivity index (χ0v) is 10.0. The third-order valence-corrected chi connectivity index (χ3v) is 4.35. The van der Waals surface area contributed by atoms with Crippen LogP contribution in [0.1, 0.15) is 38.5 Å². The number of hydrogen-bond acceptors (Lipinski definition) is 1. The van der Waals surface area contributed by atoms with Gasteiger partial charge in [0.1, 0.15) is 0 Å². The van der Waals surface area contributed by atoms with Crippen LogP contribution in [0.4, 0.5) is 13.2 Å². The molecule has 0 radical (unpaired) electrons. The summed E-state index contributed by atoms with van der Waals surface area (Å²) in [5, 5.41) is 7.44. The average molecular weight is 262 g/mol. The zero-order valence-electron chi connectivity index (χ0n) is 10.0. The van der Waals surface area contributed by atoms with E-state index in [4.69, 9.17) is 5.11 Å². The van der Waals surface area contributed by atoms with Gasteiger partial charge in [0, 0.05) is 0 Å². The molecule has 0 unspecified atom stereocenters. The van der Waals surface area contributed by atoms with Gasteiger partial charge >= 0.3 is 12.0 Å². The fourth-order valence-corrected chi connectivity index (χ4v) is 4.06. The van der Waals surface area contributed by atoms with E-state index in [1.54, 1.807) is 38.5 Å². The Morgan fingerprint density at radius 2 is 1.06 bits per heavy atom. The Bertz CT molecular complexity index is 305. The molecule has 4 saturated carbocycles. The second-order valence-electron chi connectivity index (χ2n) is 5.76. The first kappa shape index (κ1) is 13.4. The Hall–Kier alpha value is -1.00. The third-order valence-electron chi connectivity index (χ3n) is 4.35. The van der Waals surface area contributed by atoms with E-state index in [1.807, 2.05) is 0 Å². The fraction of sp³-hybridized carbons (Fsp3) is 0.769. The Kier molecular flexibility index (Phi) is 3.97. The van der Waals surface area contributed by atoms with Crippen LogP contribution in [0.2, 0.25) is 0 Å². The highest BCUT2D eigenvalue weighted by atomic mass is 19.3. The number of carbonyl (C=O) groups is 1. The second-order valence-corrected chi connectivity index (χ2v) is 5.76. The molecular formula is C13H17F3O2. The maximum absolute atomic E-state index is 11.2. The molecule has 4 rings (SSSR count). The van der Waals surface area contributed by atoms with Crippen molar-refractivity contribution >= 4 is 5.97 Å². The van der Waals surface area contributed by atoms with Crippen molar-refractivity contribution < 1.29 is 23.1 Å². The average Bonchev–Trinajstić information content (AvgIpc) is 2.26. The smallest absolute Gasteiger partial charge is 0.370 e. The molecule has 4 aliphatic rings. The number of hydrogen-bond donors (Lipinski definition) is 1. The van der Waals surface area contributed by atoms with Crippen LogP contribution in [0, 0.1) is 23.7 Å². The SMILES string of the molecule is C1C2CC3CC1CC(C2)C3.O=C(O)C(F)=C(F)F. The summed E-state index contributed by atoms with van der Waals surface area (Å²) in [5.41, 5.74) is 0. The molecule has 2 nitrogen and oxygen atoms in total. The molecule has 0 spiro atoms. The third kappa shape index (κ3) is 3.06. The van der Waals surface area contributed by atoms with Gasteiger partial charge in [-0.05, 0) is 62.2 Å². The zero-order chi connectivity index (χ0) is 13.3. The predicted molar refractivity (Wildman–Crippen MR) is 59.6 cm³/mol. The van der Waals surface area contributed by atoms with Crippen molar-refractivity contribution in [2.24, 2.45) is 23.7 Å². The molecule has 0 saturated heterocycles. The number of halogens is 3. The summed E-state index contributed by atoms with van der Waals surface area (Å²) < 4.78 is 32.8. The molecule has 0 aromatic heterocycles. The van der Waals surface area contributed by atoms with Crippen LogP contribution in [0.15, 0.2) is 11.9 Å². The monoisotopic (exact) mass is 262 g/mol. The van der Waals surface area contributed by atoms with Crippen molar-refractivity contribution in [2.75, 3.05) is 0 Å². The highest BCUT2D eigenvalue weighted by Crippen LogP contribution is 2.53. The molecule has 0 atom stereocenters. The standard InChI is InChI=1S/C10H16.C3HF3O2/c1-7-2-9-4-8(1)5-10(3-7)6-9;4-1(2(5)6)3(7)8/h7-10H,1-6H2;(H,7,8). The maximum atomic E-state index is 11.2. The van der Waals surface area contributed by atoms with Gasteiger partial charge in [-0.2, -0.15) is 13.2 Å². The molecule has 0 aromatic carbocycles. The number of rotatable bonds is 1. The lowest BCUT2D eigenvalue weighted by molar-refractivity contribution is -0.134. The Labute approximate surface area is 104 Å². The molecule has 1 N–H and O–H groups in total. The lowest BCUT2D eigenvalue weighted by Gasteiger charge is -2.49. The van der Waals surface area contributed by atoms with Crippen molar-refractivity contribution in [3.05, 3.63) is 11.9 Å². The maximum Gasteiger partial charge on any atom is 0.370 e. The van der Waals surface area contributed by atoms with Crippen LogP contribution in [0.3, 0.4) is 0 Å². The summed E-state index contributed by atoms with van der Waals surface area (Å²) in [7, 11) is 0. The van der Waals surface area contributed by atoms with E-state index in [-0.39, 0.29) is 0 Å². The van der Waals surface area contributed by atoms with Gasteiger partial charge in [-0.3, -0.25) is 0 Å². The van der Waals surface area contributed by atoms with E-state index in [0.717, 1.165) is 0 Å². The van der Waals surface area contributed by atoms with Crippen molar-refractivity contribution in [3.63, 3.8) is 0 Å². The highest BCUT2D eigenvalue weighted by molar-refractivity contribution is 5.84. The lowest BCUT2D eigenvalue weighted by Crippen LogP contribution is -2.38. The summed E-state index contributed by atoms with van der Waals surface area (Å²) >= 11 is 0. The summed E-state index contributed by atoms with van der Waals surface area (Å²) in [4.78, 5) is 9.23. The van der Waals surface area contributed by atoms with Crippen LogP contribution in [-0.2, 0) is 4.79 Å². The van der Waals surface area contributed by atoms with Crippen molar-refractivity contribution in [1.82, 2.24) is 0 Å². The molecule has 5 heteroatoms. The molecule has 4 fully saturated rings. The number of carboxylic acid groups (broad SMARTS) is 1. The predicted octanol–water partition coefficient (Wildman–Crippen LogP) is 3.98. The second kappa shape index (κ2) is 5.33. The van der Waals surface area contributed by atoms with Gasteiger partial charge in [-0.25, -0.2) is 4.79 Å². The topological polar surface area (TPSA) is 37.3 Å². The van der Waals surface area contributed by atoms with Crippen LogP contribution in [0.25, 0.3) is 0 Å². The van der Waals surface area contributed by atoms with Gasteiger partial charge in [0.25, 0.3) is 5.83 Å². The Morgan fingerprint density at radius 3 is 1.17 bits per heavy atom. The van der Waals surface area contributed by atoms with Gasteiger partial charge < -0.3 is 5.11 Å². The van der Waals surface area contributed by atoms with E-state index < -0.39 is 17.9 Å². The van der Waals surface area contributed by atoms with E-state index in [0.29, 0.717) is 0 Å². The van der Waals surface area contributed by atoms with Crippen LogP contribution >= 0.6 is 0 Å². The molecule has 4 bridgehead atoms. The molecule has 0 amide bonds. The summed E-state index contributed by atoms with van der Waals surface area (Å²) in [6, 6.07) is 0. The molecule has 18 heavy (non-hydrogen) atoms. The molecule has 102 valence electrons. The summed E-state index contributed by atoms with van der Waals surface area (Å²) in [5.74, 6) is 0.0648. The van der Waals surface area contributed by atoms with E-state index in [9.17, 15) is 18.0 Å². The van der Waals surface area contributed by atoms with Gasteiger partial charge in [-0.15, -0.1) is 0 Å². The Balaban J connectivity index is 0.000000139. The van der Waals surface area contributed by atoms with Gasteiger partial charge in [-0.1, -0.05) is 0 Å². The Morgan fingerprint density at radius 1 is 0.778 bits per heavy atom. The lowest BCUT2D eigenvalue weighted by atomic mass is 9.56. The van der Waals surface area contributed by atoms with Crippen LogP contribution in [-0.4, -0.2) is 11.1 Å². The van der Waals surface area contributed by atoms with E-state index in [1.165, 1.54) is 23.7 Å². The summed E-state index contributed by atoms with van der Waals surface area (Å²) in [6.07, 6.45) is 6.82. The largest absolute Gasteiger partial charge is 0.476 e. The minimum Gasteiger partial charge on any atom is -0.476 e. The molecular weight excluding hydrogens is 245 g/mol. The van der Waals surface area contributed by atoms with Gasteiger partial charge in [0.2, 0.25) is 0 Å². The first-order valence-corrected chi connectivity index (χ1v) is 6.39. The highest BCUT2D eigenvalue weighted by Gasteiger charge is 2.41. The van der Waals surface area contributed by atoms with E-state index in [2.05, 4.69) is 0 Å². The van der Waals surface area contributed by atoms with E-state index >= 15 is 0 Å². The van der Waals surface area contributed by atoms with Gasteiger partial charge in [0.05, 0.1) is 0 Å². The first-order valence-electron chi connectivity index (χ1n) is 6.39. The molecule has 4 aliphatic carbocycles. The quantitative estimate of drug-likeness (QED) is 0.726. The molecule has 0 aromatic rings. The van der Waals surface area contributed by atoms with Crippen molar-refractivity contribution in [2.45, 2.75) is 38.5 Å². The van der Waals surface area contributed by atoms with Crippen molar-refractivity contribution in [3.8, 4) is 0 Å². The first-order chi connectivity index (χ1) is 8.45. The minimum atomic E-state index is -2.81. The normalized spacial score (nSPS) is 35.7. The van der Waals surface area contributed by atoms with Crippen molar-refractivity contribution in [1.29, 1.82) is 0 Å². The molecule has 0 aliphatic heterocycles. The summed E-state index contributed by atoms with van der Waals surface area (Å²) in [6.45, 7) is 0. The van der Waals surface area contributed by atoms with Crippen LogP contribution in [0.5, 0.6) is 0 Å². The number of carboxylic acids is 1. The van der Waals surface area contributed by atoms with Gasteiger partial charge in [0.15, 0.2) is 0 Å². The fourth-order valence-electron chi connectivity index (χ4n) is 4.06. The van der Waals surface area contributed by atoms with Crippen LogP contribution < -0.4 is 0 Å². The molecule has 0 heterocycles.